The standard InChI is InChI=1S/C7H12FNO2/c1-11-7(10)5-2-6(3-8)9-4-5/h5-6,9H,2-4H2,1H3. The van der Waals surface area contributed by atoms with Crippen LogP contribution in [0.3, 0.4) is 0 Å². The molecule has 4 heteroatoms. The molecule has 0 aromatic rings. The second-order valence-electron chi connectivity index (χ2n) is 2.72. The normalized spacial score (nSPS) is 30.4. The lowest BCUT2D eigenvalue weighted by Gasteiger charge is -2.04. The fourth-order valence-electron chi connectivity index (χ4n) is 1.28. The predicted octanol–water partition coefficient (Wildman–Crippen LogP) is 0.107. The number of alkyl halides is 1. The molecule has 0 bridgehead atoms. The van der Waals surface area contributed by atoms with Gasteiger partial charge in [0.05, 0.1) is 13.0 Å². The predicted molar refractivity (Wildman–Crippen MR) is 37.9 cm³/mol. The Kier molecular flexibility index (Phi) is 2.82. The molecule has 0 spiro atoms. The Bertz CT molecular complexity index is 151. The zero-order valence-corrected chi connectivity index (χ0v) is 6.47. The van der Waals surface area contributed by atoms with Crippen LogP contribution in [0.25, 0.3) is 0 Å². The van der Waals surface area contributed by atoms with E-state index < -0.39 is 6.67 Å². The summed E-state index contributed by atoms with van der Waals surface area (Å²) in [6.45, 7) is 0.134. The van der Waals surface area contributed by atoms with E-state index in [9.17, 15) is 9.18 Å². The van der Waals surface area contributed by atoms with Crippen molar-refractivity contribution in [3.63, 3.8) is 0 Å². The number of carbonyl (C=O) groups is 1. The Hall–Kier alpha value is -0.640. The highest BCUT2D eigenvalue weighted by atomic mass is 19.1. The summed E-state index contributed by atoms with van der Waals surface area (Å²) in [6.07, 6.45) is 0.559. The molecule has 0 aromatic heterocycles. The van der Waals surface area contributed by atoms with Gasteiger partial charge in [0, 0.05) is 12.6 Å². The van der Waals surface area contributed by atoms with E-state index in [0.717, 1.165) is 0 Å². The Balaban J connectivity index is 2.35. The van der Waals surface area contributed by atoms with Crippen molar-refractivity contribution in [1.82, 2.24) is 5.32 Å². The maximum Gasteiger partial charge on any atom is 0.310 e. The molecule has 0 aliphatic carbocycles. The molecule has 0 radical (unpaired) electrons. The van der Waals surface area contributed by atoms with Gasteiger partial charge in [0.25, 0.3) is 0 Å². The largest absolute Gasteiger partial charge is 0.469 e. The summed E-state index contributed by atoms with van der Waals surface area (Å²) in [6, 6.07) is -0.154. The summed E-state index contributed by atoms with van der Waals surface area (Å²) in [5, 5.41) is 2.90. The second-order valence-corrected chi connectivity index (χ2v) is 2.72. The molecule has 0 amide bonds. The third kappa shape index (κ3) is 1.89. The topological polar surface area (TPSA) is 38.3 Å². The van der Waals surface area contributed by atoms with Crippen LogP contribution in [0.15, 0.2) is 0 Å². The smallest absolute Gasteiger partial charge is 0.310 e. The van der Waals surface area contributed by atoms with Gasteiger partial charge in [-0.15, -0.1) is 0 Å². The number of methoxy groups -OCH3 is 1. The highest BCUT2D eigenvalue weighted by Crippen LogP contribution is 2.15. The van der Waals surface area contributed by atoms with Crippen LogP contribution in [-0.4, -0.2) is 32.3 Å². The molecule has 64 valence electrons. The van der Waals surface area contributed by atoms with Crippen LogP contribution >= 0.6 is 0 Å². The first kappa shape index (κ1) is 8.46. The summed E-state index contributed by atoms with van der Waals surface area (Å²) in [4.78, 5) is 10.9. The number of hydrogen-bond acceptors (Lipinski definition) is 3. The summed E-state index contributed by atoms with van der Waals surface area (Å²) in [7, 11) is 1.35. The minimum Gasteiger partial charge on any atom is -0.469 e. The van der Waals surface area contributed by atoms with E-state index in [-0.39, 0.29) is 17.9 Å². The zero-order chi connectivity index (χ0) is 8.27. The summed E-state index contributed by atoms with van der Waals surface area (Å²) in [5.41, 5.74) is 0. The Morgan fingerprint density at radius 3 is 3.00 bits per heavy atom. The van der Waals surface area contributed by atoms with Gasteiger partial charge in [-0.05, 0) is 6.42 Å². The Morgan fingerprint density at radius 2 is 2.55 bits per heavy atom. The number of rotatable bonds is 2. The molecule has 1 rings (SSSR count). The number of ether oxygens (including phenoxy) is 1. The molecule has 1 heterocycles. The third-order valence-electron chi connectivity index (χ3n) is 1.94. The van der Waals surface area contributed by atoms with E-state index >= 15 is 0 Å². The fourth-order valence-corrected chi connectivity index (χ4v) is 1.28. The van der Waals surface area contributed by atoms with Gasteiger partial charge in [-0.25, -0.2) is 4.39 Å². The van der Waals surface area contributed by atoms with Crippen LogP contribution in [0.4, 0.5) is 4.39 Å². The van der Waals surface area contributed by atoms with Gasteiger partial charge < -0.3 is 10.1 Å². The van der Waals surface area contributed by atoms with Crippen LogP contribution in [-0.2, 0) is 9.53 Å². The molecule has 0 saturated carbocycles. The first-order valence-electron chi connectivity index (χ1n) is 3.65. The quantitative estimate of drug-likeness (QED) is 0.584. The maximum absolute atomic E-state index is 12.0. The van der Waals surface area contributed by atoms with E-state index in [2.05, 4.69) is 10.1 Å². The first-order chi connectivity index (χ1) is 5.27. The van der Waals surface area contributed by atoms with Gasteiger partial charge in [0.1, 0.15) is 6.67 Å². The van der Waals surface area contributed by atoms with E-state index in [0.29, 0.717) is 13.0 Å². The highest BCUT2D eigenvalue weighted by Gasteiger charge is 2.29. The lowest BCUT2D eigenvalue weighted by molar-refractivity contribution is -0.144. The average molecular weight is 161 g/mol. The highest BCUT2D eigenvalue weighted by molar-refractivity contribution is 5.73. The third-order valence-corrected chi connectivity index (χ3v) is 1.94. The minimum atomic E-state index is -0.409. The molecule has 2 unspecified atom stereocenters. The van der Waals surface area contributed by atoms with Crippen LogP contribution in [0.5, 0.6) is 0 Å². The monoisotopic (exact) mass is 161 g/mol. The fraction of sp³-hybridized carbons (Fsp3) is 0.857. The lowest BCUT2D eigenvalue weighted by atomic mass is 10.1. The van der Waals surface area contributed by atoms with Gasteiger partial charge in [-0.2, -0.15) is 0 Å². The van der Waals surface area contributed by atoms with Gasteiger partial charge in [0.2, 0.25) is 0 Å². The van der Waals surface area contributed by atoms with Crippen molar-refractivity contribution in [1.29, 1.82) is 0 Å². The van der Waals surface area contributed by atoms with Crippen molar-refractivity contribution in [3.8, 4) is 0 Å². The minimum absolute atomic E-state index is 0.152. The second kappa shape index (κ2) is 3.67. The van der Waals surface area contributed by atoms with Gasteiger partial charge in [0.15, 0.2) is 0 Å². The van der Waals surface area contributed by atoms with Crippen LogP contribution < -0.4 is 5.32 Å². The molecule has 11 heavy (non-hydrogen) atoms. The number of carbonyl (C=O) groups excluding carboxylic acids is 1. The molecule has 2 atom stereocenters. The molecule has 0 aromatic carbocycles. The van der Waals surface area contributed by atoms with Gasteiger partial charge in [-0.1, -0.05) is 0 Å². The van der Waals surface area contributed by atoms with Crippen molar-refractivity contribution in [2.45, 2.75) is 12.5 Å². The van der Waals surface area contributed by atoms with E-state index in [4.69, 9.17) is 0 Å². The van der Waals surface area contributed by atoms with E-state index in [1.807, 2.05) is 0 Å². The van der Waals surface area contributed by atoms with Crippen LogP contribution in [0.1, 0.15) is 6.42 Å². The first-order valence-corrected chi connectivity index (χ1v) is 3.65. The van der Waals surface area contributed by atoms with Crippen molar-refractivity contribution in [2.24, 2.45) is 5.92 Å². The zero-order valence-electron chi connectivity index (χ0n) is 6.47. The maximum atomic E-state index is 12.0. The van der Waals surface area contributed by atoms with Crippen molar-refractivity contribution < 1.29 is 13.9 Å². The molecular weight excluding hydrogens is 149 g/mol. The number of hydrogen-bond donors (Lipinski definition) is 1. The van der Waals surface area contributed by atoms with E-state index in [1.165, 1.54) is 7.11 Å². The van der Waals surface area contributed by atoms with Crippen LogP contribution in [0, 0.1) is 5.92 Å². The van der Waals surface area contributed by atoms with Crippen LogP contribution in [0.2, 0.25) is 0 Å². The van der Waals surface area contributed by atoms with Crippen molar-refractivity contribution in [3.05, 3.63) is 0 Å². The lowest BCUT2D eigenvalue weighted by Crippen LogP contribution is -2.23. The van der Waals surface area contributed by atoms with Gasteiger partial charge >= 0.3 is 5.97 Å². The number of nitrogens with one attached hydrogen (secondary N) is 1. The summed E-state index contributed by atoms with van der Waals surface area (Å²) < 4.78 is 16.5. The summed E-state index contributed by atoms with van der Waals surface area (Å²) in [5.74, 6) is -0.394. The molecule has 1 fully saturated rings. The van der Waals surface area contributed by atoms with Gasteiger partial charge in [-0.3, -0.25) is 4.79 Å². The average Bonchev–Trinajstić information content (AvgIpc) is 2.50. The Morgan fingerprint density at radius 1 is 1.82 bits per heavy atom. The van der Waals surface area contributed by atoms with Crippen molar-refractivity contribution in [2.75, 3.05) is 20.3 Å². The Labute approximate surface area is 64.9 Å². The summed E-state index contributed by atoms with van der Waals surface area (Å²) >= 11 is 0. The number of halogens is 1. The molecule has 1 aliphatic rings. The molecule has 1 N–H and O–H groups in total. The van der Waals surface area contributed by atoms with E-state index in [1.54, 1.807) is 0 Å². The molecule has 1 saturated heterocycles. The number of esters is 1. The van der Waals surface area contributed by atoms with Crippen molar-refractivity contribution >= 4 is 5.97 Å². The SMILES string of the molecule is COC(=O)C1CNC(CF)C1. The molecular formula is C7H12FNO2. The molecule has 1 aliphatic heterocycles. The molecule has 3 nitrogen and oxygen atoms in total.